The van der Waals surface area contributed by atoms with E-state index in [1.54, 1.807) is 6.07 Å². The summed E-state index contributed by atoms with van der Waals surface area (Å²) in [5.74, 6) is -0.815. The van der Waals surface area contributed by atoms with Crippen molar-refractivity contribution in [3.8, 4) is 0 Å². The van der Waals surface area contributed by atoms with Crippen LogP contribution >= 0.6 is 11.3 Å². The standard InChI is InChI=1S/C25H26N2O5S/c1-13-9-14(2)21-17(28)11-19(32-18(21)10-13)23(29)27-25-22(16-6-3-7-20(16)33-25)24(30)26-12-15-5-4-8-31-15/h9-11,15H,3-8,12H2,1-2H3,(H,26,30)(H,27,29)/t15-/m0/s1. The molecule has 33 heavy (non-hydrogen) atoms. The minimum atomic E-state index is -0.541. The maximum atomic E-state index is 13.1. The lowest BCUT2D eigenvalue weighted by molar-refractivity contribution is 0.0858. The molecular weight excluding hydrogens is 440 g/mol. The van der Waals surface area contributed by atoms with Gasteiger partial charge in [-0.15, -0.1) is 11.3 Å². The highest BCUT2D eigenvalue weighted by Crippen LogP contribution is 2.39. The van der Waals surface area contributed by atoms with Gasteiger partial charge in [-0.05, 0) is 68.7 Å². The molecule has 1 aliphatic carbocycles. The summed E-state index contributed by atoms with van der Waals surface area (Å²) in [4.78, 5) is 39.9. The number of anilines is 1. The van der Waals surface area contributed by atoms with Crippen LogP contribution in [0.2, 0.25) is 0 Å². The number of ether oxygens (including phenoxy) is 1. The zero-order valence-corrected chi connectivity index (χ0v) is 19.5. The van der Waals surface area contributed by atoms with Gasteiger partial charge in [0.15, 0.2) is 11.2 Å². The number of thiophene rings is 1. The average Bonchev–Trinajstić information content (AvgIpc) is 3.49. The Kier molecular flexibility index (Phi) is 5.80. The second kappa shape index (κ2) is 8.76. The molecule has 3 aromatic rings. The number of rotatable bonds is 5. The van der Waals surface area contributed by atoms with E-state index in [1.165, 1.54) is 17.4 Å². The number of nitrogens with one attached hydrogen (secondary N) is 2. The number of carbonyl (C=O) groups excluding carboxylic acids is 2. The third-order valence-corrected chi connectivity index (χ3v) is 7.49. The van der Waals surface area contributed by atoms with Gasteiger partial charge in [-0.1, -0.05) is 6.07 Å². The monoisotopic (exact) mass is 466 g/mol. The molecule has 0 bridgehead atoms. The van der Waals surface area contributed by atoms with E-state index in [9.17, 15) is 14.4 Å². The number of fused-ring (bicyclic) bond motifs is 2. The van der Waals surface area contributed by atoms with Gasteiger partial charge in [-0.2, -0.15) is 0 Å². The van der Waals surface area contributed by atoms with Gasteiger partial charge in [-0.25, -0.2) is 0 Å². The Labute approximate surface area is 195 Å². The molecule has 2 aromatic heterocycles. The largest absolute Gasteiger partial charge is 0.451 e. The second-order valence-electron chi connectivity index (χ2n) is 8.79. The molecule has 1 aliphatic heterocycles. The van der Waals surface area contributed by atoms with Crippen LogP contribution in [0.15, 0.2) is 27.4 Å². The van der Waals surface area contributed by atoms with Gasteiger partial charge in [0.05, 0.1) is 17.1 Å². The van der Waals surface area contributed by atoms with Crippen LogP contribution in [0.25, 0.3) is 11.0 Å². The Bertz CT molecular complexity index is 1320. The molecule has 2 N–H and O–H groups in total. The van der Waals surface area contributed by atoms with Crippen molar-refractivity contribution in [3.63, 3.8) is 0 Å². The normalized spacial score (nSPS) is 17.3. The predicted molar refractivity (Wildman–Crippen MR) is 128 cm³/mol. The van der Waals surface area contributed by atoms with E-state index in [0.717, 1.165) is 60.3 Å². The van der Waals surface area contributed by atoms with E-state index in [4.69, 9.17) is 9.15 Å². The lowest BCUT2D eigenvalue weighted by Crippen LogP contribution is -2.32. The second-order valence-corrected chi connectivity index (χ2v) is 9.90. The molecule has 1 aromatic carbocycles. The van der Waals surface area contributed by atoms with Gasteiger partial charge in [0, 0.05) is 24.1 Å². The minimum absolute atomic E-state index is 0.0393. The minimum Gasteiger partial charge on any atom is -0.451 e. The fraction of sp³-hybridized carbons (Fsp3) is 0.400. The molecule has 5 rings (SSSR count). The highest BCUT2D eigenvalue weighted by Gasteiger charge is 2.29. The van der Waals surface area contributed by atoms with Crippen LogP contribution in [0.3, 0.4) is 0 Å². The summed E-state index contributed by atoms with van der Waals surface area (Å²) in [6.07, 6.45) is 4.69. The molecule has 1 atom stereocenters. The van der Waals surface area contributed by atoms with Crippen LogP contribution in [0.4, 0.5) is 5.00 Å². The molecule has 7 nitrogen and oxygen atoms in total. The Morgan fingerprint density at radius 2 is 1.97 bits per heavy atom. The van der Waals surface area contributed by atoms with Crippen molar-refractivity contribution in [2.45, 2.75) is 52.1 Å². The molecule has 0 spiro atoms. The summed E-state index contributed by atoms with van der Waals surface area (Å²) >= 11 is 1.43. The van der Waals surface area contributed by atoms with Gasteiger partial charge in [0.25, 0.3) is 11.8 Å². The Morgan fingerprint density at radius 3 is 2.76 bits per heavy atom. The SMILES string of the molecule is Cc1cc(C)c2c(=O)cc(C(=O)Nc3sc4c(c3C(=O)NC[C@@H]3CCCO3)CCC4)oc2c1. The van der Waals surface area contributed by atoms with Crippen molar-refractivity contribution >= 4 is 39.1 Å². The highest BCUT2D eigenvalue weighted by atomic mass is 32.1. The zero-order valence-electron chi connectivity index (χ0n) is 18.7. The van der Waals surface area contributed by atoms with Gasteiger partial charge >= 0.3 is 0 Å². The molecule has 172 valence electrons. The first kappa shape index (κ1) is 21.9. The van der Waals surface area contributed by atoms with Crippen molar-refractivity contribution in [3.05, 3.63) is 61.3 Å². The topological polar surface area (TPSA) is 97.6 Å². The average molecular weight is 467 g/mol. The maximum absolute atomic E-state index is 13.1. The number of carbonyl (C=O) groups is 2. The number of benzene rings is 1. The highest BCUT2D eigenvalue weighted by molar-refractivity contribution is 7.17. The van der Waals surface area contributed by atoms with Crippen molar-refractivity contribution in [2.24, 2.45) is 0 Å². The molecule has 2 aliphatic rings. The fourth-order valence-electron chi connectivity index (χ4n) is 4.77. The molecule has 1 fully saturated rings. The van der Waals surface area contributed by atoms with Gasteiger partial charge in [-0.3, -0.25) is 14.4 Å². The molecule has 0 saturated carbocycles. The van der Waals surface area contributed by atoms with E-state index in [2.05, 4.69) is 10.6 Å². The lowest BCUT2D eigenvalue weighted by atomic mass is 10.1. The molecule has 2 amide bonds. The molecule has 0 radical (unpaired) electrons. The summed E-state index contributed by atoms with van der Waals surface area (Å²) < 4.78 is 11.4. The zero-order chi connectivity index (χ0) is 23.1. The van der Waals surface area contributed by atoms with E-state index in [0.29, 0.717) is 28.1 Å². The van der Waals surface area contributed by atoms with Crippen molar-refractivity contribution in [2.75, 3.05) is 18.5 Å². The fourth-order valence-corrected chi connectivity index (χ4v) is 6.06. The molecule has 3 heterocycles. The van der Waals surface area contributed by atoms with E-state index >= 15 is 0 Å². The van der Waals surface area contributed by atoms with Crippen LogP contribution in [-0.4, -0.2) is 31.1 Å². The molecule has 1 saturated heterocycles. The molecule has 8 heteroatoms. The van der Waals surface area contributed by atoms with Crippen molar-refractivity contribution < 1.29 is 18.7 Å². The first-order chi connectivity index (χ1) is 15.9. The third-order valence-electron chi connectivity index (χ3n) is 6.29. The summed E-state index contributed by atoms with van der Waals surface area (Å²) in [7, 11) is 0. The first-order valence-electron chi connectivity index (χ1n) is 11.3. The van der Waals surface area contributed by atoms with Crippen molar-refractivity contribution in [1.29, 1.82) is 0 Å². The predicted octanol–water partition coefficient (Wildman–Crippen LogP) is 4.12. The molecular formula is C25H26N2O5S. The van der Waals surface area contributed by atoms with Crippen LogP contribution in [0, 0.1) is 13.8 Å². The summed E-state index contributed by atoms with van der Waals surface area (Å²) in [6, 6.07) is 4.89. The van der Waals surface area contributed by atoms with E-state index < -0.39 is 5.91 Å². The van der Waals surface area contributed by atoms with Gasteiger partial charge in [0.1, 0.15) is 10.6 Å². The summed E-state index contributed by atoms with van der Waals surface area (Å²) in [5.41, 5.74) is 3.40. The summed E-state index contributed by atoms with van der Waals surface area (Å²) in [6.45, 7) is 4.94. The number of aryl methyl sites for hydroxylation is 3. The third kappa shape index (κ3) is 4.20. The van der Waals surface area contributed by atoms with Crippen LogP contribution in [-0.2, 0) is 17.6 Å². The summed E-state index contributed by atoms with van der Waals surface area (Å²) in [5, 5.41) is 6.79. The quantitative estimate of drug-likeness (QED) is 0.590. The first-order valence-corrected chi connectivity index (χ1v) is 12.1. The molecule has 0 unspecified atom stereocenters. The van der Waals surface area contributed by atoms with E-state index in [-0.39, 0.29) is 23.2 Å². The number of hydrogen-bond donors (Lipinski definition) is 2. The smallest absolute Gasteiger partial charge is 0.292 e. The Hall–Kier alpha value is -2.97. The number of hydrogen-bond acceptors (Lipinski definition) is 6. The van der Waals surface area contributed by atoms with Crippen LogP contribution in [0.5, 0.6) is 0 Å². The lowest BCUT2D eigenvalue weighted by Gasteiger charge is -2.12. The van der Waals surface area contributed by atoms with E-state index in [1.807, 2.05) is 19.9 Å². The van der Waals surface area contributed by atoms with Gasteiger partial charge in [0.2, 0.25) is 0 Å². The van der Waals surface area contributed by atoms with Crippen LogP contribution < -0.4 is 16.1 Å². The van der Waals surface area contributed by atoms with Crippen molar-refractivity contribution in [1.82, 2.24) is 5.32 Å². The van der Waals surface area contributed by atoms with Gasteiger partial charge < -0.3 is 19.8 Å². The maximum Gasteiger partial charge on any atom is 0.292 e. The Morgan fingerprint density at radius 1 is 1.12 bits per heavy atom. The Balaban J connectivity index is 1.43. The number of amides is 2. The van der Waals surface area contributed by atoms with Crippen LogP contribution in [0.1, 0.15) is 61.7 Å².